The van der Waals surface area contributed by atoms with Gasteiger partial charge in [0.25, 0.3) is 0 Å². The third-order valence-corrected chi connectivity index (χ3v) is 3.77. The van der Waals surface area contributed by atoms with Crippen LogP contribution in [0.5, 0.6) is 0 Å². The second-order valence-electron chi connectivity index (χ2n) is 5.82. The van der Waals surface area contributed by atoms with Crippen LogP contribution in [0.1, 0.15) is 26.7 Å². The molecule has 20 heavy (non-hydrogen) atoms. The van der Waals surface area contributed by atoms with E-state index in [1.54, 1.807) is 0 Å². The largest absolute Gasteiger partial charge is 0.386 e. The number of hydrogen-bond acceptors (Lipinski definition) is 5. The topological polar surface area (TPSA) is 105 Å². The molecule has 8 heteroatoms. The zero-order chi connectivity index (χ0) is 15.4. The van der Waals surface area contributed by atoms with Crippen molar-refractivity contribution in [3.8, 4) is 0 Å². The molecule has 1 fully saturated rings. The SMILES string of the molecule is CC(C)CC(NS(C)(=O)=O)C(=O)NCC1(O)CCOC1. The number of aliphatic hydroxyl groups is 1. The van der Waals surface area contributed by atoms with Gasteiger partial charge in [0.1, 0.15) is 11.6 Å². The highest BCUT2D eigenvalue weighted by molar-refractivity contribution is 7.88. The van der Waals surface area contributed by atoms with Gasteiger partial charge >= 0.3 is 0 Å². The van der Waals surface area contributed by atoms with Gasteiger partial charge in [0.05, 0.1) is 12.9 Å². The Labute approximate surface area is 120 Å². The molecule has 0 aromatic carbocycles. The van der Waals surface area contributed by atoms with E-state index >= 15 is 0 Å². The molecule has 2 atom stereocenters. The maximum atomic E-state index is 12.1. The van der Waals surface area contributed by atoms with Crippen molar-refractivity contribution >= 4 is 15.9 Å². The van der Waals surface area contributed by atoms with Crippen molar-refractivity contribution in [2.75, 3.05) is 26.0 Å². The van der Waals surface area contributed by atoms with Gasteiger partial charge in [-0.25, -0.2) is 13.1 Å². The average Bonchev–Trinajstić information content (AvgIpc) is 2.70. The van der Waals surface area contributed by atoms with E-state index in [-0.39, 0.29) is 19.1 Å². The molecule has 0 aliphatic carbocycles. The summed E-state index contributed by atoms with van der Waals surface area (Å²) in [5.41, 5.74) is -1.05. The predicted octanol–water partition coefficient (Wildman–Crippen LogP) is -0.782. The highest BCUT2D eigenvalue weighted by Gasteiger charge is 2.33. The maximum Gasteiger partial charge on any atom is 0.238 e. The summed E-state index contributed by atoms with van der Waals surface area (Å²) >= 11 is 0. The van der Waals surface area contributed by atoms with Crippen molar-refractivity contribution in [1.82, 2.24) is 10.0 Å². The first-order valence-corrected chi connectivity index (χ1v) is 8.55. The molecule has 1 aliphatic rings. The molecule has 0 spiro atoms. The van der Waals surface area contributed by atoms with Gasteiger partial charge in [0, 0.05) is 19.6 Å². The first-order valence-electron chi connectivity index (χ1n) is 6.66. The molecule has 0 saturated carbocycles. The van der Waals surface area contributed by atoms with E-state index in [4.69, 9.17) is 4.74 Å². The van der Waals surface area contributed by atoms with E-state index in [1.165, 1.54) is 0 Å². The summed E-state index contributed by atoms with van der Waals surface area (Å²) < 4.78 is 30.0. The van der Waals surface area contributed by atoms with Crippen LogP contribution in [-0.4, -0.2) is 57.1 Å². The third-order valence-electron chi connectivity index (χ3n) is 3.05. The van der Waals surface area contributed by atoms with Crippen molar-refractivity contribution in [1.29, 1.82) is 0 Å². The summed E-state index contributed by atoms with van der Waals surface area (Å²) in [4.78, 5) is 12.1. The smallest absolute Gasteiger partial charge is 0.238 e. The lowest BCUT2D eigenvalue weighted by Gasteiger charge is -2.24. The van der Waals surface area contributed by atoms with Crippen LogP contribution in [0.3, 0.4) is 0 Å². The van der Waals surface area contributed by atoms with Crippen LogP contribution in [0.25, 0.3) is 0 Å². The number of carbonyl (C=O) groups is 1. The van der Waals surface area contributed by atoms with E-state index in [0.717, 1.165) is 6.26 Å². The normalized spacial score (nSPS) is 24.9. The molecular weight excluding hydrogens is 284 g/mol. The third kappa shape index (κ3) is 6.17. The van der Waals surface area contributed by atoms with Gasteiger partial charge in [-0.3, -0.25) is 4.79 Å². The second-order valence-corrected chi connectivity index (χ2v) is 7.60. The summed E-state index contributed by atoms with van der Waals surface area (Å²) in [6.07, 6.45) is 1.88. The molecular formula is C12H24N2O5S. The first-order chi connectivity index (χ1) is 9.11. The number of rotatable bonds is 7. The Bertz CT molecular complexity index is 429. The van der Waals surface area contributed by atoms with Gasteiger partial charge in [-0.05, 0) is 12.3 Å². The van der Waals surface area contributed by atoms with Crippen molar-refractivity contribution in [2.45, 2.75) is 38.3 Å². The summed E-state index contributed by atoms with van der Waals surface area (Å²) in [5, 5.41) is 12.7. The number of ether oxygens (including phenoxy) is 1. The maximum absolute atomic E-state index is 12.1. The van der Waals surface area contributed by atoms with Crippen LogP contribution < -0.4 is 10.0 Å². The van der Waals surface area contributed by atoms with Crippen molar-refractivity contribution in [2.24, 2.45) is 5.92 Å². The lowest BCUT2D eigenvalue weighted by molar-refractivity contribution is -0.124. The molecule has 0 aromatic heterocycles. The van der Waals surface area contributed by atoms with Gasteiger partial charge in [0.15, 0.2) is 0 Å². The molecule has 1 heterocycles. The van der Waals surface area contributed by atoms with E-state index in [0.29, 0.717) is 19.4 Å². The fraction of sp³-hybridized carbons (Fsp3) is 0.917. The van der Waals surface area contributed by atoms with Crippen LogP contribution in [-0.2, 0) is 19.6 Å². The summed E-state index contributed by atoms with van der Waals surface area (Å²) in [5.74, 6) is -0.262. The van der Waals surface area contributed by atoms with Crippen molar-refractivity contribution in [3.63, 3.8) is 0 Å². The van der Waals surface area contributed by atoms with Gasteiger partial charge in [-0.2, -0.15) is 0 Å². The highest BCUT2D eigenvalue weighted by Crippen LogP contribution is 2.17. The first kappa shape index (κ1) is 17.4. The van der Waals surface area contributed by atoms with Crippen LogP contribution in [0.15, 0.2) is 0 Å². The standard InChI is InChI=1S/C12H24N2O5S/c1-9(2)6-10(14-20(3,17)18)11(15)13-7-12(16)4-5-19-8-12/h9-10,14,16H,4-8H2,1-3H3,(H,13,15). The van der Waals surface area contributed by atoms with Gasteiger partial charge in [-0.1, -0.05) is 13.8 Å². The highest BCUT2D eigenvalue weighted by atomic mass is 32.2. The number of nitrogens with one attached hydrogen (secondary N) is 2. The minimum atomic E-state index is -3.46. The molecule has 0 aromatic rings. The fourth-order valence-corrected chi connectivity index (χ4v) is 2.77. The van der Waals surface area contributed by atoms with Crippen LogP contribution in [0, 0.1) is 5.92 Å². The van der Waals surface area contributed by atoms with Gasteiger partial charge < -0.3 is 15.2 Å². The number of sulfonamides is 1. The van der Waals surface area contributed by atoms with E-state index < -0.39 is 27.6 Å². The average molecular weight is 308 g/mol. The second kappa shape index (κ2) is 6.84. The molecule has 0 bridgehead atoms. The predicted molar refractivity (Wildman–Crippen MR) is 74.6 cm³/mol. The molecule has 1 saturated heterocycles. The lowest BCUT2D eigenvalue weighted by atomic mass is 10.0. The van der Waals surface area contributed by atoms with Crippen LogP contribution >= 0.6 is 0 Å². The Morgan fingerprint density at radius 1 is 1.45 bits per heavy atom. The summed E-state index contributed by atoms with van der Waals surface area (Å²) in [6.45, 7) is 4.52. The zero-order valence-electron chi connectivity index (χ0n) is 12.2. The molecule has 0 radical (unpaired) electrons. The molecule has 1 aliphatic heterocycles. The molecule has 3 N–H and O–H groups in total. The van der Waals surface area contributed by atoms with Crippen LogP contribution in [0.4, 0.5) is 0 Å². The Kier molecular flexibility index (Phi) is 5.93. The minimum absolute atomic E-state index is 0.0614. The Hall–Kier alpha value is -0.700. The number of hydrogen-bond donors (Lipinski definition) is 3. The summed E-state index contributed by atoms with van der Waals surface area (Å²) in [6, 6.07) is -0.823. The molecule has 7 nitrogen and oxygen atoms in total. The minimum Gasteiger partial charge on any atom is -0.386 e. The Balaban J connectivity index is 2.58. The van der Waals surface area contributed by atoms with E-state index in [9.17, 15) is 18.3 Å². The summed E-state index contributed by atoms with van der Waals surface area (Å²) in [7, 11) is -3.46. The lowest BCUT2D eigenvalue weighted by Crippen LogP contribution is -2.51. The molecule has 1 amide bonds. The number of carbonyl (C=O) groups excluding carboxylic acids is 1. The zero-order valence-corrected chi connectivity index (χ0v) is 13.0. The van der Waals surface area contributed by atoms with Crippen molar-refractivity contribution in [3.05, 3.63) is 0 Å². The Morgan fingerprint density at radius 2 is 2.10 bits per heavy atom. The molecule has 2 unspecified atom stereocenters. The quantitative estimate of drug-likeness (QED) is 0.572. The number of amides is 1. The molecule has 118 valence electrons. The van der Waals surface area contributed by atoms with Gasteiger partial charge in [0.2, 0.25) is 15.9 Å². The van der Waals surface area contributed by atoms with Gasteiger partial charge in [-0.15, -0.1) is 0 Å². The van der Waals surface area contributed by atoms with E-state index in [2.05, 4.69) is 10.0 Å². The Morgan fingerprint density at radius 3 is 2.55 bits per heavy atom. The van der Waals surface area contributed by atoms with E-state index in [1.807, 2.05) is 13.8 Å². The fourth-order valence-electron chi connectivity index (χ4n) is 2.05. The van der Waals surface area contributed by atoms with Crippen molar-refractivity contribution < 1.29 is 23.1 Å². The van der Waals surface area contributed by atoms with Crippen LogP contribution in [0.2, 0.25) is 0 Å². The molecule has 1 rings (SSSR count). The monoisotopic (exact) mass is 308 g/mol.